The molecule has 0 fully saturated rings. The van der Waals surface area contributed by atoms with Crippen molar-refractivity contribution in [3.63, 3.8) is 0 Å². The summed E-state index contributed by atoms with van der Waals surface area (Å²) >= 11 is 0. The summed E-state index contributed by atoms with van der Waals surface area (Å²) in [4.78, 5) is 27.1. The summed E-state index contributed by atoms with van der Waals surface area (Å²) in [5, 5.41) is 6.48. The summed E-state index contributed by atoms with van der Waals surface area (Å²) in [6.07, 6.45) is 1.15. The zero-order valence-corrected chi connectivity index (χ0v) is 11.3. The van der Waals surface area contributed by atoms with Gasteiger partial charge in [-0.2, -0.15) is 5.10 Å². The molecular weight excluding hydrogens is 272 g/mol. The second-order valence-electron chi connectivity index (χ2n) is 4.67. The number of para-hydroxylation sites is 2. The Morgan fingerprint density at radius 3 is 2.95 bits per heavy atom. The zero-order valence-electron chi connectivity index (χ0n) is 11.3. The van der Waals surface area contributed by atoms with Gasteiger partial charge in [-0.15, -0.1) is 0 Å². The number of hydrazone groups is 1. The SMILES string of the molecule is O=C1CCC(C(=O)NCCc2nc3ccccc3o2)=NN1. The molecule has 1 aromatic heterocycles. The third-order valence-electron chi connectivity index (χ3n) is 3.13. The maximum absolute atomic E-state index is 11.8. The Kier molecular flexibility index (Phi) is 3.63. The normalized spacial score (nSPS) is 14.7. The third-order valence-corrected chi connectivity index (χ3v) is 3.13. The van der Waals surface area contributed by atoms with Crippen LogP contribution in [0.4, 0.5) is 0 Å². The summed E-state index contributed by atoms with van der Waals surface area (Å²) in [5.41, 5.74) is 4.17. The molecule has 2 N–H and O–H groups in total. The van der Waals surface area contributed by atoms with Crippen molar-refractivity contribution in [1.29, 1.82) is 0 Å². The van der Waals surface area contributed by atoms with Crippen molar-refractivity contribution < 1.29 is 14.0 Å². The first-order chi connectivity index (χ1) is 10.2. The molecule has 0 spiro atoms. The standard InChI is InChI=1S/C14H14N4O3/c19-12-6-5-10(17-18-12)14(20)15-8-7-13-16-9-3-1-2-4-11(9)21-13/h1-4H,5-8H2,(H,15,20)(H,18,19). The van der Waals surface area contributed by atoms with Crippen molar-refractivity contribution in [1.82, 2.24) is 15.7 Å². The highest BCUT2D eigenvalue weighted by molar-refractivity contribution is 6.39. The largest absolute Gasteiger partial charge is 0.441 e. The summed E-state index contributed by atoms with van der Waals surface area (Å²) in [7, 11) is 0. The van der Waals surface area contributed by atoms with Crippen LogP contribution in [-0.2, 0) is 16.0 Å². The Hall–Kier alpha value is -2.70. The summed E-state index contributed by atoms with van der Waals surface area (Å²) in [5.74, 6) is 0.138. The lowest BCUT2D eigenvalue weighted by Crippen LogP contribution is -2.37. The van der Waals surface area contributed by atoms with Crippen molar-refractivity contribution in [2.24, 2.45) is 5.10 Å². The highest BCUT2D eigenvalue weighted by atomic mass is 16.3. The third kappa shape index (κ3) is 3.07. The van der Waals surface area contributed by atoms with E-state index in [1.807, 2.05) is 24.3 Å². The smallest absolute Gasteiger partial charge is 0.267 e. The van der Waals surface area contributed by atoms with Gasteiger partial charge in [0.25, 0.3) is 5.91 Å². The molecule has 0 saturated carbocycles. The van der Waals surface area contributed by atoms with E-state index in [1.165, 1.54) is 0 Å². The summed E-state index contributed by atoms with van der Waals surface area (Å²) in [6.45, 7) is 0.401. The van der Waals surface area contributed by atoms with Gasteiger partial charge < -0.3 is 9.73 Å². The number of benzene rings is 1. The molecule has 2 aromatic rings. The van der Waals surface area contributed by atoms with Crippen LogP contribution in [0.3, 0.4) is 0 Å². The first-order valence-corrected chi connectivity index (χ1v) is 6.70. The molecule has 0 atom stereocenters. The number of fused-ring (bicyclic) bond motifs is 1. The number of carbonyl (C=O) groups excluding carboxylic acids is 2. The van der Waals surface area contributed by atoms with Crippen LogP contribution < -0.4 is 10.7 Å². The molecule has 108 valence electrons. The van der Waals surface area contributed by atoms with Crippen molar-refractivity contribution in [2.75, 3.05) is 6.54 Å². The number of amides is 2. The van der Waals surface area contributed by atoms with Crippen LogP contribution in [-0.4, -0.2) is 29.1 Å². The molecule has 0 radical (unpaired) electrons. The van der Waals surface area contributed by atoms with Crippen LogP contribution >= 0.6 is 0 Å². The molecule has 3 rings (SSSR count). The minimum absolute atomic E-state index is 0.168. The highest BCUT2D eigenvalue weighted by Gasteiger charge is 2.17. The Morgan fingerprint density at radius 2 is 2.19 bits per heavy atom. The minimum atomic E-state index is -0.272. The fourth-order valence-electron chi connectivity index (χ4n) is 2.05. The number of aromatic nitrogens is 1. The Morgan fingerprint density at radius 1 is 1.33 bits per heavy atom. The zero-order chi connectivity index (χ0) is 14.7. The lowest BCUT2D eigenvalue weighted by Gasteiger charge is -2.11. The quantitative estimate of drug-likeness (QED) is 0.866. The Labute approximate surface area is 120 Å². The van der Waals surface area contributed by atoms with Gasteiger partial charge in [-0.1, -0.05) is 12.1 Å². The van der Waals surface area contributed by atoms with Crippen LogP contribution in [0.25, 0.3) is 11.1 Å². The van der Waals surface area contributed by atoms with Gasteiger partial charge in [0.1, 0.15) is 11.2 Å². The topological polar surface area (TPSA) is 96.6 Å². The van der Waals surface area contributed by atoms with Gasteiger partial charge in [-0.05, 0) is 12.1 Å². The molecule has 7 heteroatoms. The summed E-state index contributed by atoms with van der Waals surface area (Å²) in [6, 6.07) is 7.50. The Bertz CT molecular complexity index is 687. The molecule has 1 aliphatic rings. The lowest BCUT2D eigenvalue weighted by molar-refractivity contribution is -0.121. The number of hydrogen-bond acceptors (Lipinski definition) is 5. The molecule has 0 bridgehead atoms. The average molecular weight is 286 g/mol. The van der Waals surface area contributed by atoms with E-state index < -0.39 is 0 Å². The number of nitrogens with one attached hydrogen (secondary N) is 2. The van der Waals surface area contributed by atoms with Crippen molar-refractivity contribution in [2.45, 2.75) is 19.3 Å². The van der Waals surface area contributed by atoms with Gasteiger partial charge in [-0.25, -0.2) is 10.4 Å². The van der Waals surface area contributed by atoms with E-state index in [9.17, 15) is 9.59 Å². The number of oxazole rings is 1. The lowest BCUT2D eigenvalue weighted by atomic mass is 10.1. The number of rotatable bonds is 4. The summed E-state index contributed by atoms with van der Waals surface area (Å²) < 4.78 is 5.56. The van der Waals surface area contributed by atoms with Crippen molar-refractivity contribution in [3.05, 3.63) is 30.2 Å². The molecule has 0 unspecified atom stereocenters. The molecule has 1 aromatic carbocycles. The number of hydrogen-bond donors (Lipinski definition) is 2. The van der Waals surface area contributed by atoms with Crippen LogP contribution in [0.5, 0.6) is 0 Å². The number of nitrogens with zero attached hydrogens (tertiary/aromatic N) is 2. The molecule has 2 amide bonds. The van der Waals surface area contributed by atoms with E-state index in [1.54, 1.807) is 0 Å². The maximum atomic E-state index is 11.8. The maximum Gasteiger partial charge on any atom is 0.267 e. The fourth-order valence-corrected chi connectivity index (χ4v) is 2.05. The van der Waals surface area contributed by atoms with E-state index in [4.69, 9.17) is 4.42 Å². The van der Waals surface area contributed by atoms with Gasteiger partial charge in [0, 0.05) is 25.8 Å². The van der Waals surface area contributed by atoms with E-state index in [0.29, 0.717) is 31.0 Å². The Balaban J connectivity index is 1.53. The predicted octanol–water partition coefficient (Wildman–Crippen LogP) is 0.752. The first-order valence-electron chi connectivity index (χ1n) is 6.70. The highest BCUT2D eigenvalue weighted by Crippen LogP contribution is 2.14. The first kappa shape index (κ1) is 13.3. The second kappa shape index (κ2) is 5.74. The van der Waals surface area contributed by atoms with Gasteiger partial charge in [0.05, 0.1) is 0 Å². The molecule has 7 nitrogen and oxygen atoms in total. The van der Waals surface area contributed by atoms with Crippen molar-refractivity contribution in [3.8, 4) is 0 Å². The van der Waals surface area contributed by atoms with E-state index in [0.717, 1.165) is 11.1 Å². The van der Waals surface area contributed by atoms with E-state index >= 15 is 0 Å². The molecule has 1 aliphatic heterocycles. The van der Waals surface area contributed by atoms with Crippen LogP contribution in [0.15, 0.2) is 33.8 Å². The second-order valence-corrected chi connectivity index (χ2v) is 4.67. The van der Waals surface area contributed by atoms with Gasteiger partial charge in [0.15, 0.2) is 11.5 Å². The molecular formula is C14H14N4O3. The predicted molar refractivity (Wildman–Crippen MR) is 75.5 cm³/mol. The van der Waals surface area contributed by atoms with Gasteiger partial charge in [-0.3, -0.25) is 9.59 Å². The van der Waals surface area contributed by atoms with Crippen LogP contribution in [0.1, 0.15) is 18.7 Å². The molecule has 0 saturated heterocycles. The minimum Gasteiger partial charge on any atom is -0.441 e. The van der Waals surface area contributed by atoms with Crippen LogP contribution in [0.2, 0.25) is 0 Å². The average Bonchev–Trinajstić information content (AvgIpc) is 2.90. The molecule has 21 heavy (non-hydrogen) atoms. The van der Waals surface area contributed by atoms with Gasteiger partial charge >= 0.3 is 0 Å². The van der Waals surface area contributed by atoms with Crippen molar-refractivity contribution >= 4 is 28.6 Å². The van der Waals surface area contributed by atoms with Crippen LogP contribution in [0, 0.1) is 0 Å². The fraction of sp³-hybridized carbons (Fsp3) is 0.286. The van der Waals surface area contributed by atoms with E-state index in [-0.39, 0.29) is 18.2 Å². The molecule has 0 aliphatic carbocycles. The van der Waals surface area contributed by atoms with E-state index in [2.05, 4.69) is 20.8 Å². The number of carbonyl (C=O) groups is 2. The monoisotopic (exact) mass is 286 g/mol. The van der Waals surface area contributed by atoms with Gasteiger partial charge in [0.2, 0.25) is 5.91 Å². The molecule has 2 heterocycles.